The van der Waals surface area contributed by atoms with Crippen LogP contribution in [0.5, 0.6) is 0 Å². The van der Waals surface area contributed by atoms with Crippen LogP contribution < -0.4 is 10.2 Å². The van der Waals surface area contributed by atoms with Gasteiger partial charge in [-0.1, -0.05) is 182 Å². The summed E-state index contributed by atoms with van der Waals surface area (Å²) in [4.78, 5) is 2.54. The molecule has 0 spiro atoms. The van der Waals surface area contributed by atoms with Gasteiger partial charge in [-0.2, -0.15) is 0 Å². The van der Waals surface area contributed by atoms with E-state index < -0.39 is 0 Å². The van der Waals surface area contributed by atoms with Crippen molar-refractivity contribution in [3.05, 3.63) is 236 Å². The summed E-state index contributed by atoms with van der Waals surface area (Å²) in [6.07, 6.45) is 7.21. The maximum absolute atomic E-state index is 3.68. The molecule has 8 aromatic rings. The van der Waals surface area contributed by atoms with Gasteiger partial charge in [-0.25, -0.2) is 0 Å². The van der Waals surface area contributed by atoms with E-state index in [1.54, 1.807) is 0 Å². The van der Waals surface area contributed by atoms with E-state index in [9.17, 15) is 0 Å². The fraction of sp³-hybridized carbons (Fsp3) is 0.0545. The number of fused-ring (bicyclic) bond motifs is 3. The van der Waals surface area contributed by atoms with E-state index in [0.29, 0.717) is 0 Å². The molecule has 10 rings (SSSR count). The third-order valence-corrected chi connectivity index (χ3v) is 11.7. The van der Waals surface area contributed by atoms with Crippen molar-refractivity contribution in [2.24, 2.45) is 0 Å². The molecule has 57 heavy (non-hydrogen) atoms. The highest BCUT2D eigenvalue weighted by Gasteiger charge is 2.47. The summed E-state index contributed by atoms with van der Waals surface area (Å²) in [7, 11) is 0. The third-order valence-electron chi connectivity index (χ3n) is 11.7. The van der Waals surface area contributed by atoms with Gasteiger partial charge in [-0.3, -0.25) is 0 Å². The van der Waals surface area contributed by atoms with Gasteiger partial charge in [0.1, 0.15) is 0 Å². The first-order chi connectivity index (χ1) is 28.1. The van der Waals surface area contributed by atoms with E-state index in [2.05, 4.69) is 242 Å². The van der Waals surface area contributed by atoms with Gasteiger partial charge in [-0.15, -0.1) is 0 Å². The van der Waals surface area contributed by atoms with Crippen molar-refractivity contribution >= 4 is 28.3 Å². The van der Waals surface area contributed by atoms with Crippen molar-refractivity contribution in [2.75, 3.05) is 10.2 Å². The van der Waals surface area contributed by atoms with E-state index in [4.69, 9.17) is 0 Å². The highest BCUT2D eigenvalue weighted by molar-refractivity contribution is 5.87. The van der Waals surface area contributed by atoms with Gasteiger partial charge in [-0.05, 0) is 105 Å². The fourth-order valence-corrected chi connectivity index (χ4v) is 8.74. The largest absolute Gasteiger partial charge is 0.355 e. The summed E-state index contributed by atoms with van der Waals surface area (Å²) in [6.45, 7) is 2.38. The molecule has 0 aromatic heterocycles. The highest BCUT2D eigenvalue weighted by atomic mass is 15.2. The Morgan fingerprint density at radius 1 is 0.456 bits per heavy atom. The molecule has 2 nitrogen and oxygen atoms in total. The quantitative estimate of drug-likeness (QED) is 0.167. The molecule has 0 radical (unpaired) electrons. The maximum Gasteiger partial charge on any atom is 0.0712 e. The van der Waals surface area contributed by atoms with E-state index >= 15 is 0 Å². The zero-order chi connectivity index (χ0) is 38.2. The lowest BCUT2D eigenvalue weighted by Crippen LogP contribution is -2.42. The van der Waals surface area contributed by atoms with Crippen LogP contribution in [0.1, 0.15) is 24.0 Å². The van der Waals surface area contributed by atoms with E-state index in [1.165, 1.54) is 72.6 Å². The lowest BCUT2D eigenvalue weighted by atomic mass is 9.77. The number of nitrogens with one attached hydrogen (secondary N) is 1. The monoisotopic (exact) mass is 730 g/mol. The molecule has 0 amide bonds. The van der Waals surface area contributed by atoms with Crippen LogP contribution in [0.4, 0.5) is 22.7 Å². The lowest BCUT2D eigenvalue weighted by molar-refractivity contribution is 0.544. The minimum absolute atomic E-state index is 0.177. The van der Waals surface area contributed by atoms with Crippen molar-refractivity contribution in [2.45, 2.75) is 18.4 Å². The standard InChI is InChI=1S/C55H42N2/c1-55-35-34-47(42-28-31-48(32-29-42)56-53-23-12-11-22-50(53)43-16-7-3-8-17-43)37-52(55)51-33-30-46(38-54(51)57(55)49-20-9-4-10-21-49)41-26-24-40(25-27-41)45-19-13-18-44(36-45)39-14-5-2-6-15-39/h2-38,52,56H,1H3. The van der Waals surface area contributed by atoms with Crippen molar-refractivity contribution in [1.82, 2.24) is 0 Å². The molecule has 8 aromatic carbocycles. The van der Waals surface area contributed by atoms with Crippen LogP contribution in [0.3, 0.4) is 0 Å². The Morgan fingerprint density at radius 3 is 1.67 bits per heavy atom. The number of rotatable bonds is 8. The molecule has 0 bridgehead atoms. The number of hydrogen-bond acceptors (Lipinski definition) is 2. The van der Waals surface area contributed by atoms with Gasteiger partial charge in [0, 0.05) is 34.2 Å². The topological polar surface area (TPSA) is 15.3 Å². The Kier molecular flexibility index (Phi) is 8.73. The molecule has 2 unspecified atom stereocenters. The zero-order valence-corrected chi connectivity index (χ0v) is 31.9. The van der Waals surface area contributed by atoms with Crippen molar-refractivity contribution in [1.29, 1.82) is 0 Å². The smallest absolute Gasteiger partial charge is 0.0712 e. The maximum atomic E-state index is 3.68. The third kappa shape index (κ3) is 6.46. The number of nitrogens with zero attached hydrogens (tertiary/aromatic N) is 1. The summed E-state index contributed by atoms with van der Waals surface area (Å²) in [5, 5.41) is 3.68. The van der Waals surface area contributed by atoms with Gasteiger partial charge >= 0.3 is 0 Å². The zero-order valence-electron chi connectivity index (χ0n) is 31.9. The SMILES string of the molecule is CC12C=CC(c3ccc(Nc4ccccc4-c4ccccc4)cc3)=CC1c1ccc(-c3ccc(-c4cccc(-c5ccccc5)c4)cc3)cc1N2c1ccccc1. The first-order valence-corrected chi connectivity index (χ1v) is 19.8. The van der Waals surface area contributed by atoms with Gasteiger partial charge in [0.25, 0.3) is 0 Å². The first kappa shape index (κ1) is 34.3. The molecule has 0 saturated heterocycles. The number of anilines is 4. The van der Waals surface area contributed by atoms with Gasteiger partial charge in [0.2, 0.25) is 0 Å². The van der Waals surface area contributed by atoms with E-state index in [0.717, 1.165) is 11.4 Å². The number of hydrogen-bond donors (Lipinski definition) is 1. The Balaban J connectivity index is 0.951. The second kappa shape index (κ2) is 14.5. The summed E-state index contributed by atoms with van der Waals surface area (Å²) >= 11 is 0. The van der Waals surface area contributed by atoms with Crippen LogP contribution in [0.15, 0.2) is 224 Å². The summed E-state index contributed by atoms with van der Waals surface area (Å²) < 4.78 is 0. The highest BCUT2D eigenvalue weighted by Crippen LogP contribution is 2.56. The molecule has 1 heterocycles. The molecule has 0 saturated carbocycles. The average Bonchev–Trinajstić information content (AvgIpc) is 3.54. The van der Waals surface area contributed by atoms with Crippen LogP contribution >= 0.6 is 0 Å². The van der Waals surface area contributed by atoms with Crippen molar-refractivity contribution < 1.29 is 0 Å². The molecule has 2 aliphatic rings. The minimum atomic E-state index is -0.262. The number of benzene rings is 8. The van der Waals surface area contributed by atoms with Crippen molar-refractivity contribution in [3.63, 3.8) is 0 Å². The molecule has 0 fully saturated rings. The average molecular weight is 731 g/mol. The van der Waals surface area contributed by atoms with Crippen LogP contribution in [-0.4, -0.2) is 5.54 Å². The molecule has 272 valence electrons. The van der Waals surface area contributed by atoms with Gasteiger partial charge in [0.05, 0.1) is 5.54 Å². The molecule has 1 aliphatic carbocycles. The molecular weight excluding hydrogens is 689 g/mol. The normalized spacial score (nSPS) is 16.8. The minimum Gasteiger partial charge on any atom is -0.355 e. The molecular formula is C55H42N2. The molecule has 2 heteroatoms. The Morgan fingerprint density at radius 2 is 0.982 bits per heavy atom. The first-order valence-electron chi connectivity index (χ1n) is 19.8. The van der Waals surface area contributed by atoms with Gasteiger partial charge < -0.3 is 10.2 Å². The Labute approximate surface area is 335 Å². The number of para-hydroxylation sites is 2. The van der Waals surface area contributed by atoms with Crippen molar-refractivity contribution in [3.8, 4) is 44.5 Å². The number of allylic oxidation sites excluding steroid dienone is 2. The van der Waals surface area contributed by atoms with Gasteiger partial charge in [0.15, 0.2) is 0 Å². The Bertz CT molecular complexity index is 2750. The predicted octanol–water partition coefficient (Wildman–Crippen LogP) is 14.7. The van der Waals surface area contributed by atoms with E-state index in [-0.39, 0.29) is 11.5 Å². The lowest BCUT2D eigenvalue weighted by Gasteiger charge is -2.40. The summed E-state index contributed by atoms with van der Waals surface area (Å²) in [5.41, 5.74) is 17.8. The predicted molar refractivity (Wildman–Crippen MR) is 241 cm³/mol. The molecule has 1 aliphatic heterocycles. The van der Waals surface area contributed by atoms with Crippen LogP contribution in [0, 0.1) is 0 Å². The van der Waals surface area contributed by atoms with Crippen LogP contribution in [0.25, 0.3) is 50.1 Å². The molecule has 2 atom stereocenters. The summed E-state index contributed by atoms with van der Waals surface area (Å²) in [6, 6.07) is 74.2. The van der Waals surface area contributed by atoms with Crippen LogP contribution in [0.2, 0.25) is 0 Å². The fourth-order valence-electron chi connectivity index (χ4n) is 8.74. The van der Waals surface area contributed by atoms with E-state index in [1.807, 2.05) is 0 Å². The second-order valence-electron chi connectivity index (χ2n) is 15.2. The Hall–Kier alpha value is -7.16. The molecule has 1 N–H and O–H groups in total. The van der Waals surface area contributed by atoms with Crippen LogP contribution in [-0.2, 0) is 0 Å². The summed E-state index contributed by atoms with van der Waals surface area (Å²) in [5.74, 6) is 0.177. The second-order valence-corrected chi connectivity index (χ2v) is 15.2.